The Balaban J connectivity index is 1.57. The highest BCUT2D eigenvalue weighted by atomic mass is 16.5. The van der Waals surface area contributed by atoms with E-state index in [2.05, 4.69) is 14.9 Å². The molecule has 1 atom stereocenters. The molecule has 0 spiro atoms. The zero-order chi connectivity index (χ0) is 14.7. The minimum absolute atomic E-state index is 0.0493. The van der Waals surface area contributed by atoms with Crippen molar-refractivity contribution >= 4 is 5.91 Å². The van der Waals surface area contributed by atoms with Crippen LogP contribution >= 0.6 is 0 Å². The van der Waals surface area contributed by atoms with Gasteiger partial charge in [-0.2, -0.15) is 0 Å². The lowest BCUT2D eigenvalue weighted by Crippen LogP contribution is -2.40. The third-order valence-corrected chi connectivity index (χ3v) is 3.81. The van der Waals surface area contributed by atoms with E-state index in [4.69, 9.17) is 4.74 Å². The van der Waals surface area contributed by atoms with Crippen molar-refractivity contribution in [3.05, 3.63) is 48.0 Å². The van der Waals surface area contributed by atoms with E-state index in [9.17, 15) is 4.79 Å². The number of nitrogens with one attached hydrogen (secondary N) is 1. The van der Waals surface area contributed by atoms with Gasteiger partial charge in [-0.1, -0.05) is 12.1 Å². The Morgan fingerprint density at radius 2 is 2.43 bits per heavy atom. The summed E-state index contributed by atoms with van der Waals surface area (Å²) in [7, 11) is 1.63. The smallest absolute Gasteiger partial charge is 0.224 e. The van der Waals surface area contributed by atoms with E-state index >= 15 is 0 Å². The highest BCUT2D eigenvalue weighted by Crippen LogP contribution is 2.15. The quantitative estimate of drug-likeness (QED) is 0.927. The van der Waals surface area contributed by atoms with Gasteiger partial charge in [0.15, 0.2) is 0 Å². The normalized spacial score (nSPS) is 17.1. The number of aromatic nitrogens is 2. The Kier molecular flexibility index (Phi) is 3.90. The van der Waals surface area contributed by atoms with Crippen LogP contribution in [0.5, 0.6) is 5.75 Å². The molecule has 110 valence electrons. The number of hydrogen-bond acceptors (Lipinski definition) is 3. The molecule has 0 fully saturated rings. The fourth-order valence-corrected chi connectivity index (χ4v) is 2.72. The van der Waals surface area contributed by atoms with Crippen LogP contribution in [0.25, 0.3) is 0 Å². The van der Waals surface area contributed by atoms with Gasteiger partial charge < -0.3 is 14.6 Å². The molecule has 1 amide bonds. The molecule has 2 heterocycles. The van der Waals surface area contributed by atoms with Gasteiger partial charge in [-0.05, 0) is 24.1 Å². The van der Waals surface area contributed by atoms with Crippen molar-refractivity contribution in [3.63, 3.8) is 0 Å². The molecular formula is C16H19N3O2. The summed E-state index contributed by atoms with van der Waals surface area (Å²) in [5.41, 5.74) is 0.962. The highest BCUT2D eigenvalue weighted by molar-refractivity contribution is 5.79. The first kappa shape index (κ1) is 13.7. The van der Waals surface area contributed by atoms with Crippen LogP contribution in [-0.4, -0.2) is 28.6 Å². The largest absolute Gasteiger partial charge is 0.497 e. The lowest BCUT2D eigenvalue weighted by molar-refractivity contribution is -0.121. The average molecular weight is 285 g/mol. The SMILES string of the molecule is COc1cccc(CC(=O)NC2CCn3ccnc3C2)c1. The Hall–Kier alpha value is -2.30. The van der Waals surface area contributed by atoms with Crippen LogP contribution in [0.3, 0.4) is 0 Å². The van der Waals surface area contributed by atoms with Gasteiger partial charge in [-0.3, -0.25) is 4.79 Å². The van der Waals surface area contributed by atoms with E-state index < -0.39 is 0 Å². The predicted octanol–water partition coefficient (Wildman–Crippen LogP) is 1.57. The van der Waals surface area contributed by atoms with Crippen LogP contribution in [-0.2, 0) is 24.2 Å². The second-order valence-electron chi connectivity index (χ2n) is 5.32. The molecule has 1 aliphatic heterocycles. The maximum atomic E-state index is 12.2. The van der Waals surface area contributed by atoms with Crippen molar-refractivity contribution in [2.24, 2.45) is 0 Å². The minimum Gasteiger partial charge on any atom is -0.497 e. The van der Waals surface area contributed by atoms with Crippen molar-refractivity contribution in [1.29, 1.82) is 0 Å². The van der Waals surface area contributed by atoms with Crippen LogP contribution in [0.4, 0.5) is 0 Å². The minimum atomic E-state index is 0.0493. The Labute approximate surface area is 124 Å². The summed E-state index contributed by atoms with van der Waals surface area (Å²) in [4.78, 5) is 16.5. The molecule has 0 saturated carbocycles. The summed E-state index contributed by atoms with van der Waals surface area (Å²) in [6.07, 6.45) is 5.94. The molecule has 3 rings (SSSR count). The van der Waals surface area contributed by atoms with Crippen LogP contribution in [0.2, 0.25) is 0 Å². The summed E-state index contributed by atoms with van der Waals surface area (Å²) >= 11 is 0. The van der Waals surface area contributed by atoms with E-state index in [1.807, 2.05) is 36.7 Å². The molecule has 5 nitrogen and oxygen atoms in total. The molecule has 2 aromatic rings. The van der Waals surface area contributed by atoms with Gasteiger partial charge in [0.05, 0.1) is 13.5 Å². The molecule has 1 unspecified atom stereocenters. The summed E-state index contributed by atoms with van der Waals surface area (Å²) in [6.45, 7) is 0.916. The highest BCUT2D eigenvalue weighted by Gasteiger charge is 2.20. The molecule has 1 aliphatic rings. The number of amides is 1. The van der Waals surface area contributed by atoms with E-state index in [0.717, 1.165) is 36.5 Å². The number of nitrogens with zero attached hydrogens (tertiary/aromatic N) is 2. The van der Waals surface area contributed by atoms with Gasteiger partial charge in [0.1, 0.15) is 11.6 Å². The number of rotatable bonds is 4. The number of benzene rings is 1. The second kappa shape index (κ2) is 5.99. The van der Waals surface area contributed by atoms with E-state index in [1.165, 1.54) is 0 Å². The molecule has 1 aromatic carbocycles. The van der Waals surface area contributed by atoms with Crippen molar-refractivity contribution in [2.45, 2.75) is 31.8 Å². The van der Waals surface area contributed by atoms with Gasteiger partial charge in [-0.25, -0.2) is 4.98 Å². The number of ether oxygens (including phenoxy) is 1. The molecule has 1 N–H and O–H groups in total. The van der Waals surface area contributed by atoms with Gasteiger partial charge in [-0.15, -0.1) is 0 Å². The maximum Gasteiger partial charge on any atom is 0.224 e. The summed E-state index contributed by atoms with van der Waals surface area (Å²) in [5, 5.41) is 3.10. The molecule has 0 saturated heterocycles. The lowest BCUT2D eigenvalue weighted by Gasteiger charge is -2.24. The number of imidazole rings is 1. The molecule has 1 aromatic heterocycles. The Morgan fingerprint density at radius 1 is 1.52 bits per heavy atom. The molecule has 0 radical (unpaired) electrons. The van der Waals surface area contributed by atoms with Gasteiger partial charge in [0.2, 0.25) is 5.91 Å². The zero-order valence-corrected chi connectivity index (χ0v) is 12.1. The first-order valence-corrected chi connectivity index (χ1v) is 7.17. The van der Waals surface area contributed by atoms with Crippen LogP contribution in [0.1, 0.15) is 17.8 Å². The van der Waals surface area contributed by atoms with Crippen molar-refractivity contribution in [1.82, 2.24) is 14.9 Å². The van der Waals surface area contributed by atoms with Crippen molar-refractivity contribution < 1.29 is 9.53 Å². The predicted molar refractivity (Wildman–Crippen MR) is 79.2 cm³/mol. The monoisotopic (exact) mass is 285 g/mol. The van der Waals surface area contributed by atoms with Crippen LogP contribution < -0.4 is 10.1 Å². The van der Waals surface area contributed by atoms with E-state index in [0.29, 0.717) is 6.42 Å². The number of carbonyl (C=O) groups is 1. The zero-order valence-electron chi connectivity index (χ0n) is 12.1. The van der Waals surface area contributed by atoms with Gasteiger partial charge >= 0.3 is 0 Å². The van der Waals surface area contributed by atoms with Crippen LogP contribution in [0.15, 0.2) is 36.7 Å². The summed E-state index contributed by atoms with van der Waals surface area (Å²) in [5.74, 6) is 1.88. The number of hydrogen-bond donors (Lipinski definition) is 1. The average Bonchev–Trinajstić information content (AvgIpc) is 2.95. The third-order valence-electron chi connectivity index (χ3n) is 3.81. The number of fused-ring (bicyclic) bond motifs is 1. The number of carbonyl (C=O) groups excluding carboxylic acids is 1. The molecule has 21 heavy (non-hydrogen) atoms. The standard InChI is InChI=1S/C16H19N3O2/c1-21-14-4-2-3-12(9-14)10-16(20)18-13-5-7-19-8-6-17-15(19)11-13/h2-4,6,8-9,13H,5,7,10-11H2,1H3,(H,18,20). The second-order valence-corrected chi connectivity index (χ2v) is 5.32. The number of methoxy groups -OCH3 is 1. The van der Waals surface area contributed by atoms with Gasteiger partial charge in [0.25, 0.3) is 0 Å². The van der Waals surface area contributed by atoms with Crippen molar-refractivity contribution in [2.75, 3.05) is 7.11 Å². The number of aryl methyl sites for hydroxylation is 1. The van der Waals surface area contributed by atoms with Gasteiger partial charge in [0, 0.05) is 31.4 Å². The summed E-state index contributed by atoms with van der Waals surface area (Å²) in [6, 6.07) is 7.79. The molecular weight excluding hydrogens is 266 g/mol. The molecule has 0 aliphatic carbocycles. The Morgan fingerprint density at radius 3 is 3.29 bits per heavy atom. The van der Waals surface area contributed by atoms with E-state index in [1.54, 1.807) is 7.11 Å². The first-order chi connectivity index (χ1) is 10.2. The molecule has 5 heteroatoms. The first-order valence-electron chi connectivity index (χ1n) is 7.17. The topological polar surface area (TPSA) is 56.1 Å². The maximum absolute atomic E-state index is 12.2. The molecule has 0 bridgehead atoms. The van der Waals surface area contributed by atoms with E-state index in [-0.39, 0.29) is 11.9 Å². The fraction of sp³-hybridized carbons (Fsp3) is 0.375. The van der Waals surface area contributed by atoms with Crippen molar-refractivity contribution in [3.8, 4) is 5.75 Å². The fourth-order valence-electron chi connectivity index (χ4n) is 2.72. The lowest BCUT2D eigenvalue weighted by atomic mass is 10.1. The summed E-state index contributed by atoms with van der Waals surface area (Å²) < 4.78 is 7.32. The third kappa shape index (κ3) is 3.24. The Bertz CT molecular complexity index is 636. The van der Waals surface area contributed by atoms with Crippen LogP contribution in [0, 0.1) is 0 Å².